The summed E-state index contributed by atoms with van der Waals surface area (Å²) in [5, 5.41) is 5.12. The molecule has 0 atom stereocenters. The van der Waals surface area contributed by atoms with Gasteiger partial charge in [-0.1, -0.05) is 18.0 Å². The molecule has 1 aromatic heterocycles. The Morgan fingerprint density at radius 3 is 2.86 bits per heavy atom. The van der Waals surface area contributed by atoms with Crippen LogP contribution in [0.2, 0.25) is 5.02 Å². The molecule has 2 fully saturated rings. The first-order chi connectivity index (χ1) is 10.2. The van der Waals surface area contributed by atoms with Crippen LogP contribution < -0.4 is 5.32 Å². The Bertz CT molecular complexity index is 698. The molecule has 2 N–H and O–H groups in total. The second kappa shape index (κ2) is 4.77. The van der Waals surface area contributed by atoms with Gasteiger partial charge in [0, 0.05) is 40.0 Å². The molecule has 1 amide bonds. The van der Waals surface area contributed by atoms with E-state index in [4.69, 9.17) is 11.6 Å². The van der Waals surface area contributed by atoms with E-state index in [1.54, 1.807) is 0 Å². The number of rotatable bonds is 4. The largest absolute Gasteiger partial charge is 0.361 e. The molecular formula is C17H19ClN2O. The van der Waals surface area contributed by atoms with E-state index in [0.717, 1.165) is 42.8 Å². The number of hydrogen-bond donors (Lipinski definition) is 2. The van der Waals surface area contributed by atoms with Gasteiger partial charge >= 0.3 is 0 Å². The van der Waals surface area contributed by atoms with Crippen LogP contribution >= 0.6 is 11.6 Å². The first-order valence-electron chi connectivity index (χ1n) is 7.73. The molecule has 4 heteroatoms. The minimum atomic E-state index is 0.113. The van der Waals surface area contributed by atoms with Crippen molar-refractivity contribution in [2.45, 2.75) is 37.5 Å². The van der Waals surface area contributed by atoms with Crippen LogP contribution in [0.1, 0.15) is 37.7 Å². The van der Waals surface area contributed by atoms with E-state index in [9.17, 15) is 4.79 Å². The van der Waals surface area contributed by atoms with Crippen LogP contribution in [-0.2, 0) is 10.2 Å². The molecule has 21 heavy (non-hydrogen) atoms. The summed E-state index contributed by atoms with van der Waals surface area (Å²) < 4.78 is 0. The third kappa shape index (κ3) is 2.24. The summed E-state index contributed by atoms with van der Waals surface area (Å²) in [5.41, 5.74) is 2.53. The molecule has 2 aromatic rings. The third-order valence-electron chi connectivity index (χ3n) is 5.15. The van der Waals surface area contributed by atoms with Crippen molar-refractivity contribution in [1.29, 1.82) is 0 Å². The lowest BCUT2D eigenvalue weighted by Crippen LogP contribution is -2.38. The minimum Gasteiger partial charge on any atom is -0.361 e. The molecule has 2 aliphatic rings. The maximum atomic E-state index is 12.0. The Morgan fingerprint density at radius 1 is 1.38 bits per heavy atom. The van der Waals surface area contributed by atoms with Crippen LogP contribution in [0.25, 0.3) is 10.9 Å². The van der Waals surface area contributed by atoms with Crippen LogP contribution in [0.15, 0.2) is 24.4 Å². The van der Waals surface area contributed by atoms with E-state index < -0.39 is 0 Å². The Balaban J connectivity index is 1.56. The van der Waals surface area contributed by atoms with Gasteiger partial charge in [-0.05, 0) is 49.4 Å². The van der Waals surface area contributed by atoms with Crippen LogP contribution in [0.3, 0.4) is 0 Å². The van der Waals surface area contributed by atoms with Crippen molar-refractivity contribution >= 4 is 28.4 Å². The standard InChI is InChI=1S/C17H19ClN2O/c18-12-4-5-15-13(8-12)14(9-19-15)17(6-7-17)10-20-16(21)11-2-1-3-11/h4-5,8-9,11,19H,1-3,6-7,10H2,(H,20,21). The van der Waals surface area contributed by atoms with Crippen molar-refractivity contribution in [3.05, 3.63) is 35.0 Å². The van der Waals surface area contributed by atoms with Gasteiger partial charge in [0.15, 0.2) is 0 Å². The van der Waals surface area contributed by atoms with E-state index in [1.807, 2.05) is 18.2 Å². The molecule has 3 nitrogen and oxygen atoms in total. The number of halogens is 1. The first-order valence-corrected chi connectivity index (χ1v) is 8.11. The number of aromatic nitrogens is 1. The number of aromatic amines is 1. The highest BCUT2D eigenvalue weighted by molar-refractivity contribution is 6.31. The van der Waals surface area contributed by atoms with E-state index in [2.05, 4.69) is 16.5 Å². The van der Waals surface area contributed by atoms with Crippen LogP contribution in [0.4, 0.5) is 0 Å². The van der Waals surface area contributed by atoms with Gasteiger partial charge in [0.1, 0.15) is 0 Å². The van der Waals surface area contributed by atoms with E-state index in [1.165, 1.54) is 17.4 Å². The fraction of sp³-hybridized carbons (Fsp3) is 0.471. The topological polar surface area (TPSA) is 44.9 Å². The molecule has 110 valence electrons. The number of hydrogen-bond acceptors (Lipinski definition) is 1. The lowest BCUT2D eigenvalue weighted by atomic mass is 9.84. The van der Waals surface area contributed by atoms with Gasteiger partial charge in [-0.25, -0.2) is 0 Å². The number of fused-ring (bicyclic) bond motifs is 1. The van der Waals surface area contributed by atoms with E-state index in [-0.39, 0.29) is 17.2 Å². The molecule has 0 unspecified atom stereocenters. The van der Waals surface area contributed by atoms with Crippen molar-refractivity contribution in [3.63, 3.8) is 0 Å². The Morgan fingerprint density at radius 2 is 2.19 bits per heavy atom. The predicted molar refractivity (Wildman–Crippen MR) is 84.6 cm³/mol. The quantitative estimate of drug-likeness (QED) is 0.887. The zero-order valence-corrected chi connectivity index (χ0v) is 12.7. The SMILES string of the molecule is O=C(NCC1(c2c[nH]c3ccc(Cl)cc23)CC1)C1CCC1. The Hall–Kier alpha value is -1.48. The molecule has 4 rings (SSSR count). The lowest BCUT2D eigenvalue weighted by molar-refractivity contribution is -0.127. The summed E-state index contributed by atoms with van der Waals surface area (Å²) in [6, 6.07) is 5.95. The van der Waals surface area contributed by atoms with E-state index >= 15 is 0 Å². The molecule has 1 heterocycles. The molecule has 1 aromatic carbocycles. The lowest BCUT2D eigenvalue weighted by Gasteiger charge is -2.25. The van der Waals surface area contributed by atoms with Crippen molar-refractivity contribution in [1.82, 2.24) is 10.3 Å². The fourth-order valence-electron chi connectivity index (χ4n) is 3.29. The smallest absolute Gasteiger partial charge is 0.223 e. The highest BCUT2D eigenvalue weighted by Gasteiger charge is 2.46. The second-order valence-electron chi connectivity index (χ2n) is 6.52. The number of carbonyl (C=O) groups excluding carboxylic acids is 1. The zero-order valence-electron chi connectivity index (χ0n) is 11.9. The molecular weight excluding hydrogens is 284 g/mol. The fourth-order valence-corrected chi connectivity index (χ4v) is 3.47. The normalized spacial score (nSPS) is 20.2. The van der Waals surface area contributed by atoms with Gasteiger partial charge in [-0.3, -0.25) is 4.79 Å². The highest BCUT2D eigenvalue weighted by Crippen LogP contribution is 2.50. The number of carbonyl (C=O) groups is 1. The summed E-state index contributed by atoms with van der Waals surface area (Å²) >= 11 is 6.13. The van der Waals surface area contributed by atoms with Crippen LogP contribution in [0.5, 0.6) is 0 Å². The minimum absolute atomic E-state index is 0.113. The first kappa shape index (κ1) is 13.2. The van der Waals surface area contributed by atoms with Gasteiger partial charge in [-0.2, -0.15) is 0 Å². The van der Waals surface area contributed by atoms with Gasteiger partial charge in [0.25, 0.3) is 0 Å². The second-order valence-corrected chi connectivity index (χ2v) is 6.95. The van der Waals surface area contributed by atoms with Crippen molar-refractivity contribution < 1.29 is 4.79 Å². The Kier molecular flexibility index (Phi) is 3.00. The van der Waals surface area contributed by atoms with Gasteiger partial charge < -0.3 is 10.3 Å². The summed E-state index contributed by atoms with van der Waals surface area (Å²) in [5.74, 6) is 0.503. The molecule has 2 saturated carbocycles. The van der Waals surface area contributed by atoms with Gasteiger partial charge in [0.2, 0.25) is 5.91 Å². The predicted octanol–water partition coefficient (Wildman–Crippen LogP) is 3.77. The molecule has 0 saturated heterocycles. The number of nitrogens with one attached hydrogen (secondary N) is 2. The Labute approximate surface area is 129 Å². The average Bonchev–Trinajstić information content (AvgIpc) is 3.07. The number of amides is 1. The summed E-state index contributed by atoms with van der Waals surface area (Å²) in [7, 11) is 0. The third-order valence-corrected chi connectivity index (χ3v) is 5.38. The van der Waals surface area contributed by atoms with Crippen LogP contribution in [0, 0.1) is 5.92 Å². The summed E-state index contributed by atoms with van der Waals surface area (Å²) in [6.45, 7) is 0.752. The van der Waals surface area contributed by atoms with E-state index in [0.29, 0.717) is 0 Å². The molecule has 0 radical (unpaired) electrons. The monoisotopic (exact) mass is 302 g/mol. The zero-order chi connectivity index (χ0) is 14.4. The van der Waals surface area contributed by atoms with Gasteiger partial charge in [-0.15, -0.1) is 0 Å². The maximum Gasteiger partial charge on any atom is 0.223 e. The highest BCUT2D eigenvalue weighted by atomic mass is 35.5. The van der Waals surface area contributed by atoms with Crippen molar-refractivity contribution in [3.8, 4) is 0 Å². The van der Waals surface area contributed by atoms with Crippen LogP contribution in [-0.4, -0.2) is 17.4 Å². The molecule has 0 spiro atoms. The maximum absolute atomic E-state index is 12.0. The molecule has 0 bridgehead atoms. The molecule has 0 aliphatic heterocycles. The average molecular weight is 303 g/mol. The molecule has 2 aliphatic carbocycles. The number of H-pyrrole nitrogens is 1. The van der Waals surface area contributed by atoms with Crippen molar-refractivity contribution in [2.24, 2.45) is 5.92 Å². The van der Waals surface area contributed by atoms with Crippen molar-refractivity contribution in [2.75, 3.05) is 6.54 Å². The summed E-state index contributed by atoms with van der Waals surface area (Å²) in [4.78, 5) is 15.4. The van der Waals surface area contributed by atoms with Gasteiger partial charge in [0.05, 0.1) is 0 Å². The number of benzene rings is 1. The summed E-state index contributed by atoms with van der Waals surface area (Å²) in [6.07, 6.45) is 7.67.